The maximum atomic E-state index is 13.5. The largest absolute Gasteiger partial charge is 0.493 e. The van der Waals surface area contributed by atoms with Gasteiger partial charge in [-0.25, -0.2) is 13.8 Å². The first-order chi connectivity index (χ1) is 17.7. The fourth-order valence-electron chi connectivity index (χ4n) is 3.38. The minimum Gasteiger partial charge on any atom is -0.493 e. The summed E-state index contributed by atoms with van der Waals surface area (Å²) in [7, 11) is 0.253. The molecule has 0 spiro atoms. The number of hydrogen-bond acceptors (Lipinski definition) is 7. The van der Waals surface area contributed by atoms with Gasteiger partial charge in [-0.15, -0.1) is 0 Å². The molecule has 12 heteroatoms. The summed E-state index contributed by atoms with van der Waals surface area (Å²) in [5, 5.41) is 4.13. The van der Waals surface area contributed by atoms with Crippen molar-refractivity contribution in [1.82, 2.24) is 9.73 Å². The maximum Gasteiger partial charge on any atom is 0.255 e. The van der Waals surface area contributed by atoms with Gasteiger partial charge in [-0.05, 0) is 35.9 Å². The summed E-state index contributed by atoms with van der Waals surface area (Å²) in [5.41, 5.74) is 3.58. The van der Waals surface area contributed by atoms with Crippen molar-refractivity contribution in [3.05, 3.63) is 81.8 Å². The van der Waals surface area contributed by atoms with Gasteiger partial charge in [0.15, 0.2) is 11.5 Å². The van der Waals surface area contributed by atoms with Crippen LogP contribution in [0.25, 0.3) is 0 Å². The standard InChI is InChI=1S/C25H25Cl2N3O6S/c1-34-21-11-18(12-22(35-2)25(21)36-3)14-28-29-24(31)16-30(15-17-7-5-4-6-8-17)37(32,33)23-13-19(26)9-10-20(23)27/h4-14H,15-16H2,1-3H3,(H,29,31)/b28-14-. The van der Waals surface area contributed by atoms with Gasteiger partial charge in [0, 0.05) is 17.1 Å². The second kappa shape index (κ2) is 12.8. The Bertz CT molecular complexity index is 1360. The van der Waals surface area contributed by atoms with Gasteiger partial charge in [0.25, 0.3) is 5.91 Å². The minimum absolute atomic E-state index is 0.0108. The van der Waals surface area contributed by atoms with Gasteiger partial charge in [0.05, 0.1) is 39.1 Å². The molecule has 0 atom stereocenters. The Balaban J connectivity index is 1.83. The number of nitrogens with zero attached hydrogens (tertiary/aromatic N) is 2. The zero-order chi connectivity index (χ0) is 27.0. The molecule has 1 amide bonds. The van der Waals surface area contributed by atoms with Gasteiger partial charge in [-0.2, -0.15) is 9.41 Å². The molecule has 0 heterocycles. The third kappa shape index (κ3) is 7.14. The van der Waals surface area contributed by atoms with Crippen LogP contribution in [0.2, 0.25) is 10.0 Å². The van der Waals surface area contributed by atoms with Gasteiger partial charge in [0.2, 0.25) is 15.8 Å². The Hall–Kier alpha value is -3.31. The van der Waals surface area contributed by atoms with Crippen molar-refractivity contribution in [2.75, 3.05) is 27.9 Å². The molecule has 0 aliphatic heterocycles. The highest BCUT2D eigenvalue weighted by Gasteiger charge is 2.29. The molecule has 3 aromatic carbocycles. The maximum absolute atomic E-state index is 13.5. The molecule has 9 nitrogen and oxygen atoms in total. The normalized spacial score (nSPS) is 11.5. The molecule has 3 aromatic rings. The van der Waals surface area contributed by atoms with Crippen LogP contribution in [0.3, 0.4) is 0 Å². The highest BCUT2D eigenvalue weighted by molar-refractivity contribution is 7.89. The number of hydrazone groups is 1. The number of methoxy groups -OCH3 is 3. The Kier molecular flexibility index (Phi) is 9.76. The first-order valence-electron chi connectivity index (χ1n) is 10.8. The fourth-order valence-corrected chi connectivity index (χ4v) is 5.50. The number of halogens is 2. The number of carbonyl (C=O) groups is 1. The summed E-state index contributed by atoms with van der Waals surface area (Å²) in [4.78, 5) is 12.5. The van der Waals surface area contributed by atoms with Crippen LogP contribution >= 0.6 is 23.2 Å². The third-order valence-corrected chi connectivity index (χ3v) is 7.63. The summed E-state index contributed by atoms with van der Waals surface area (Å²) in [6.07, 6.45) is 1.37. The van der Waals surface area contributed by atoms with Gasteiger partial charge in [-0.1, -0.05) is 53.5 Å². The number of sulfonamides is 1. The molecular weight excluding hydrogens is 541 g/mol. The summed E-state index contributed by atoms with van der Waals surface area (Å²) in [6, 6.07) is 16.3. The van der Waals surface area contributed by atoms with Crippen molar-refractivity contribution >= 4 is 45.3 Å². The molecule has 196 valence electrons. The van der Waals surface area contributed by atoms with E-state index >= 15 is 0 Å². The molecule has 0 aliphatic rings. The molecule has 0 saturated heterocycles. The molecular formula is C25H25Cl2N3O6S. The molecule has 37 heavy (non-hydrogen) atoms. The number of nitrogens with one attached hydrogen (secondary N) is 1. The van der Waals surface area contributed by atoms with E-state index in [0.29, 0.717) is 28.4 Å². The average molecular weight is 566 g/mol. The highest BCUT2D eigenvalue weighted by Crippen LogP contribution is 2.37. The first-order valence-corrected chi connectivity index (χ1v) is 13.0. The quantitative estimate of drug-likeness (QED) is 0.273. The van der Waals surface area contributed by atoms with E-state index in [1.165, 1.54) is 45.7 Å². The third-order valence-electron chi connectivity index (χ3n) is 5.12. The zero-order valence-electron chi connectivity index (χ0n) is 20.3. The van der Waals surface area contributed by atoms with Crippen molar-refractivity contribution in [2.45, 2.75) is 11.4 Å². The second-order valence-electron chi connectivity index (χ2n) is 7.59. The van der Waals surface area contributed by atoms with E-state index in [4.69, 9.17) is 37.4 Å². The Morgan fingerprint density at radius 1 is 0.973 bits per heavy atom. The van der Waals surface area contributed by atoms with Gasteiger partial charge >= 0.3 is 0 Å². The van der Waals surface area contributed by atoms with Crippen molar-refractivity contribution in [1.29, 1.82) is 0 Å². The second-order valence-corrected chi connectivity index (χ2v) is 10.3. The molecule has 0 fully saturated rings. The Morgan fingerprint density at radius 2 is 1.62 bits per heavy atom. The fraction of sp³-hybridized carbons (Fsp3) is 0.200. The van der Waals surface area contributed by atoms with Crippen LogP contribution in [-0.4, -0.2) is 52.7 Å². The SMILES string of the molecule is COc1cc(/C=N\NC(=O)CN(Cc2ccccc2)S(=O)(=O)c2cc(Cl)ccc2Cl)cc(OC)c1OC. The number of amides is 1. The lowest BCUT2D eigenvalue weighted by atomic mass is 10.2. The van der Waals surface area contributed by atoms with Gasteiger partial charge < -0.3 is 14.2 Å². The van der Waals surface area contributed by atoms with E-state index in [1.54, 1.807) is 42.5 Å². The van der Waals surface area contributed by atoms with E-state index in [1.807, 2.05) is 0 Å². The summed E-state index contributed by atoms with van der Waals surface area (Å²) < 4.78 is 43.8. The van der Waals surface area contributed by atoms with Gasteiger partial charge in [-0.3, -0.25) is 4.79 Å². The van der Waals surface area contributed by atoms with Crippen LogP contribution in [0.1, 0.15) is 11.1 Å². The van der Waals surface area contributed by atoms with E-state index < -0.39 is 22.5 Å². The van der Waals surface area contributed by atoms with E-state index in [9.17, 15) is 13.2 Å². The van der Waals surface area contributed by atoms with Crippen molar-refractivity contribution in [2.24, 2.45) is 5.10 Å². The molecule has 0 saturated carbocycles. The monoisotopic (exact) mass is 565 g/mol. The van der Waals surface area contributed by atoms with E-state index in [-0.39, 0.29) is 21.5 Å². The number of ether oxygens (including phenoxy) is 3. The van der Waals surface area contributed by atoms with Crippen LogP contribution in [0, 0.1) is 0 Å². The summed E-state index contributed by atoms with van der Waals surface area (Å²) in [5.74, 6) is 0.565. The average Bonchev–Trinajstić information content (AvgIpc) is 2.89. The van der Waals surface area contributed by atoms with Crippen LogP contribution in [-0.2, 0) is 21.4 Å². The lowest BCUT2D eigenvalue weighted by molar-refractivity contribution is -0.121. The first kappa shape index (κ1) is 28.3. The minimum atomic E-state index is -4.19. The molecule has 1 N–H and O–H groups in total. The van der Waals surface area contributed by atoms with Gasteiger partial charge in [0.1, 0.15) is 4.90 Å². The molecule has 0 aromatic heterocycles. The topological polar surface area (TPSA) is 107 Å². The molecule has 0 radical (unpaired) electrons. The highest BCUT2D eigenvalue weighted by atomic mass is 35.5. The molecule has 0 aliphatic carbocycles. The molecule has 0 bridgehead atoms. The predicted octanol–water partition coefficient (Wildman–Crippen LogP) is 4.36. The lowest BCUT2D eigenvalue weighted by Gasteiger charge is -2.22. The van der Waals surface area contributed by atoms with Crippen LogP contribution in [0.15, 0.2) is 70.7 Å². The van der Waals surface area contributed by atoms with Crippen molar-refractivity contribution in [3.63, 3.8) is 0 Å². The zero-order valence-corrected chi connectivity index (χ0v) is 22.6. The van der Waals surface area contributed by atoms with Crippen molar-refractivity contribution < 1.29 is 27.4 Å². The number of hydrogen-bond donors (Lipinski definition) is 1. The Labute approximate surface area is 225 Å². The van der Waals surface area contributed by atoms with Crippen LogP contribution in [0.5, 0.6) is 17.2 Å². The summed E-state index contributed by atoms with van der Waals surface area (Å²) >= 11 is 12.2. The van der Waals surface area contributed by atoms with Crippen LogP contribution < -0.4 is 19.6 Å². The van der Waals surface area contributed by atoms with E-state index in [2.05, 4.69) is 10.5 Å². The Morgan fingerprint density at radius 3 is 2.22 bits per heavy atom. The predicted molar refractivity (Wildman–Crippen MR) is 142 cm³/mol. The number of benzene rings is 3. The molecule has 0 unspecified atom stereocenters. The number of carbonyl (C=O) groups excluding carboxylic acids is 1. The number of rotatable bonds is 11. The van der Waals surface area contributed by atoms with E-state index in [0.717, 1.165) is 4.31 Å². The van der Waals surface area contributed by atoms with Crippen molar-refractivity contribution in [3.8, 4) is 17.2 Å². The van der Waals surface area contributed by atoms with Crippen LogP contribution in [0.4, 0.5) is 0 Å². The summed E-state index contributed by atoms with van der Waals surface area (Å²) in [6.45, 7) is -0.595. The molecule has 3 rings (SSSR count). The smallest absolute Gasteiger partial charge is 0.255 e. The lowest BCUT2D eigenvalue weighted by Crippen LogP contribution is -2.39.